The maximum atomic E-state index is 5.11. The van der Waals surface area contributed by atoms with Crippen molar-refractivity contribution in [2.75, 3.05) is 0 Å². The number of hydrogen-bond donors (Lipinski definition) is 0. The quantitative estimate of drug-likeness (QED) is 0.166. The highest BCUT2D eigenvalue weighted by Crippen LogP contribution is 2.56. The summed E-state index contributed by atoms with van der Waals surface area (Å²) in [6.45, 7) is 2.35. The van der Waals surface area contributed by atoms with E-state index in [0.29, 0.717) is 0 Å². The Bertz CT molecular complexity index is 2710. The van der Waals surface area contributed by atoms with E-state index in [0.717, 1.165) is 34.5 Å². The van der Waals surface area contributed by atoms with E-state index in [-0.39, 0.29) is 5.41 Å². The van der Waals surface area contributed by atoms with Crippen LogP contribution >= 0.6 is 0 Å². The molecule has 1 aromatic heterocycles. The van der Waals surface area contributed by atoms with Gasteiger partial charge < -0.3 is 0 Å². The molecule has 50 heavy (non-hydrogen) atoms. The minimum Gasteiger partial charge on any atom is -0.292 e. The Labute approximate surface area is 291 Å². The van der Waals surface area contributed by atoms with Crippen LogP contribution in [0.3, 0.4) is 0 Å². The second-order valence-electron chi connectivity index (χ2n) is 13.5. The molecular weight excluding hydrogens is 605 g/mol. The summed E-state index contributed by atoms with van der Waals surface area (Å²) in [5.41, 5.74) is 13.2. The van der Waals surface area contributed by atoms with E-state index in [9.17, 15) is 0 Å². The second-order valence-corrected chi connectivity index (χ2v) is 13.5. The molecule has 0 saturated heterocycles. The third-order valence-corrected chi connectivity index (χ3v) is 10.9. The number of aromatic nitrogens is 2. The van der Waals surface area contributed by atoms with Crippen molar-refractivity contribution in [3.05, 3.63) is 193 Å². The molecule has 0 amide bonds. The Balaban J connectivity index is 1.15. The molecule has 0 spiro atoms. The molecule has 1 unspecified atom stereocenters. The zero-order valence-corrected chi connectivity index (χ0v) is 27.8. The van der Waals surface area contributed by atoms with E-state index in [1.165, 1.54) is 60.5 Å². The molecule has 0 saturated carbocycles. The molecule has 1 heterocycles. The summed E-state index contributed by atoms with van der Waals surface area (Å²) in [6, 6.07) is 64.2. The molecule has 0 N–H and O–H groups in total. The van der Waals surface area contributed by atoms with Crippen LogP contribution in [0.5, 0.6) is 0 Å². The fourth-order valence-electron chi connectivity index (χ4n) is 8.60. The fraction of sp³-hybridized carbons (Fsp3) is 0.0625. The zero-order valence-electron chi connectivity index (χ0n) is 27.8. The van der Waals surface area contributed by atoms with Crippen molar-refractivity contribution >= 4 is 32.6 Å². The summed E-state index contributed by atoms with van der Waals surface area (Å²) in [6.07, 6.45) is 0.965. The van der Waals surface area contributed by atoms with Gasteiger partial charge >= 0.3 is 0 Å². The lowest BCUT2D eigenvalue weighted by molar-refractivity contribution is 0.611. The van der Waals surface area contributed by atoms with E-state index in [1.54, 1.807) is 0 Å². The van der Waals surface area contributed by atoms with Gasteiger partial charge in [-0.1, -0.05) is 134 Å². The van der Waals surface area contributed by atoms with E-state index in [2.05, 4.69) is 187 Å². The van der Waals surface area contributed by atoms with Crippen LogP contribution in [-0.4, -0.2) is 9.55 Å². The molecule has 0 fully saturated rings. The molecule has 0 aliphatic heterocycles. The minimum atomic E-state index is -0.261. The normalized spacial score (nSPS) is 15.1. The van der Waals surface area contributed by atoms with Gasteiger partial charge in [0.05, 0.1) is 11.0 Å². The van der Waals surface area contributed by atoms with Gasteiger partial charge in [0, 0.05) is 16.7 Å². The van der Waals surface area contributed by atoms with Crippen LogP contribution < -0.4 is 0 Å². The fourth-order valence-corrected chi connectivity index (χ4v) is 8.60. The summed E-state index contributed by atoms with van der Waals surface area (Å²) in [4.78, 5) is 5.11. The average Bonchev–Trinajstić information content (AvgIpc) is 3.72. The van der Waals surface area contributed by atoms with Crippen molar-refractivity contribution < 1.29 is 0 Å². The van der Waals surface area contributed by atoms with Crippen LogP contribution in [0.15, 0.2) is 176 Å². The van der Waals surface area contributed by atoms with Gasteiger partial charge in [-0.2, -0.15) is 0 Å². The van der Waals surface area contributed by atoms with Gasteiger partial charge in [0.2, 0.25) is 0 Å². The molecule has 10 rings (SSSR count). The first-order valence-corrected chi connectivity index (χ1v) is 17.5. The molecule has 8 aromatic carbocycles. The second kappa shape index (κ2) is 11.1. The molecule has 0 radical (unpaired) electrons. The molecule has 1 aliphatic carbocycles. The van der Waals surface area contributed by atoms with Crippen molar-refractivity contribution in [2.24, 2.45) is 0 Å². The minimum absolute atomic E-state index is 0.261. The van der Waals surface area contributed by atoms with E-state index < -0.39 is 0 Å². The third kappa shape index (κ3) is 4.18. The number of para-hydroxylation sites is 3. The zero-order chi connectivity index (χ0) is 33.2. The van der Waals surface area contributed by atoms with Crippen LogP contribution in [-0.2, 0) is 5.41 Å². The lowest BCUT2D eigenvalue weighted by Gasteiger charge is -2.33. The van der Waals surface area contributed by atoms with Gasteiger partial charge in [-0.15, -0.1) is 0 Å². The molecule has 2 nitrogen and oxygen atoms in total. The maximum absolute atomic E-state index is 5.11. The van der Waals surface area contributed by atoms with E-state index in [1.807, 2.05) is 0 Å². The molecule has 236 valence electrons. The predicted octanol–water partition coefficient (Wildman–Crippen LogP) is 12.4. The van der Waals surface area contributed by atoms with Gasteiger partial charge in [0.15, 0.2) is 0 Å². The van der Waals surface area contributed by atoms with Crippen LogP contribution in [0.25, 0.3) is 71.9 Å². The summed E-state index contributed by atoms with van der Waals surface area (Å²) in [5.74, 6) is 0.946. The first kappa shape index (κ1) is 28.7. The van der Waals surface area contributed by atoms with E-state index >= 15 is 0 Å². The molecule has 0 bridgehead atoms. The summed E-state index contributed by atoms with van der Waals surface area (Å²) in [5, 5.41) is 5.38. The predicted molar refractivity (Wildman–Crippen MR) is 209 cm³/mol. The van der Waals surface area contributed by atoms with Crippen molar-refractivity contribution in [1.29, 1.82) is 0 Å². The SMILES string of the molecule is CCC1(c2ccccc2)c2cc(-c3ccccc3)cc3ccc4cc(-c5ccc(-c6nc7ccccc7n6-c6ccccc6)cc5)cc1c4c23. The molecule has 1 atom stereocenters. The number of benzene rings is 8. The van der Waals surface area contributed by atoms with Crippen molar-refractivity contribution in [1.82, 2.24) is 9.55 Å². The topological polar surface area (TPSA) is 17.8 Å². The van der Waals surface area contributed by atoms with Crippen LogP contribution in [0, 0.1) is 0 Å². The number of imidazole rings is 1. The van der Waals surface area contributed by atoms with Crippen LogP contribution in [0.4, 0.5) is 0 Å². The summed E-state index contributed by atoms with van der Waals surface area (Å²) < 4.78 is 2.27. The van der Waals surface area contributed by atoms with Gasteiger partial charge in [0.25, 0.3) is 0 Å². The standard InChI is InChI=1S/C48H34N2/c1-2-48(39-16-8-4-9-17-39)41-30-37(32-14-6-3-7-15-32)28-35-26-27-36-29-38(31-42(48)46(36)45(35)41)33-22-24-34(25-23-33)47-49-43-20-12-13-21-44(43)50(47)40-18-10-5-11-19-40/h3-31H,2H2,1H3. The Kier molecular flexibility index (Phi) is 6.41. The summed E-state index contributed by atoms with van der Waals surface area (Å²) in [7, 11) is 0. The highest BCUT2D eigenvalue weighted by atomic mass is 15.1. The van der Waals surface area contributed by atoms with E-state index in [4.69, 9.17) is 4.98 Å². The van der Waals surface area contributed by atoms with Crippen molar-refractivity contribution in [2.45, 2.75) is 18.8 Å². The number of fused-ring (bicyclic) bond motifs is 1. The van der Waals surface area contributed by atoms with Crippen LogP contribution in [0.1, 0.15) is 30.0 Å². The number of hydrogen-bond acceptors (Lipinski definition) is 1. The lowest BCUT2D eigenvalue weighted by atomic mass is 9.69. The molecule has 9 aromatic rings. The van der Waals surface area contributed by atoms with Gasteiger partial charge in [-0.25, -0.2) is 4.98 Å². The Hall–Kier alpha value is -6.25. The highest BCUT2D eigenvalue weighted by Gasteiger charge is 2.42. The van der Waals surface area contributed by atoms with Gasteiger partial charge in [-0.05, 0) is 115 Å². The van der Waals surface area contributed by atoms with Crippen molar-refractivity contribution in [3.63, 3.8) is 0 Å². The lowest BCUT2D eigenvalue weighted by Crippen LogP contribution is -2.26. The highest BCUT2D eigenvalue weighted by molar-refractivity contribution is 6.17. The monoisotopic (exact) mass is 638 g/mol. The molecular formula is C48H34N2. The van der Waals surface area contributed by atoms with Gasteiger partial charge in [-0.3, -0.25) is 4.57 Å². The Morgan fingerprint density at radius 3 is 1.62 bits per heavy atom. The van der Waals surface area contributed by atoms with Crippen LogP contribution in [0.2, 0.25) is 0 Å². The first-order chi connectivity index (χ1) is 24.7. The maximum Gasteiger partial charge on any atom is 0.145 e. The smallest absolute Gasteiger partial charge is 0.145 e. The largest absolute Gasteiger partial charge is 0.292 e. The summed E-state index contributed by atoms with van der Waals surface area (Å²) >= 11 is 0. The number of rotatable bonds is 6. The number of nitrogens with zero attached hydrogens (tertiary/aromatic N) is 2. The molecule has 1 aliphatic rings. The Morgan fingerprint density at radius 2 is 1.00 bits per heavy atom. The Morgan fingerprint density at radius 1 is 0.480 bits per heavy atom. The first-order valence-electron chi connectivity index (χ1n) is 17.5. The average molecular weight is 639 g/mol. The third-order valence-electron chi connectivity index (χ3n) is 10.9. The van der Waals surface area contributed by atoms with Gasteiger partial charge in [0.1, 0.15) is 5.82 Å². The van der Waals surface area contributed by atoms with Crippen molar-refractivity contribution in [3.8, 4) is 39.3 Å². The molecule has 2 heteroatoms.